The Labute approximate surface area is 123 Å². The molecule has 0 saturated heterocycles. The molecular formula is C16H20N2O3. The first-order valence-electron chi connectivity index (χ1n) is 7.31. The Balaban J connectivity index is 2.26. The van der Waals surface area contributed by atoms with Crippen LogP contribution in [0.3, 0.4) is 0 Å². The van der Waals surface area contributed by atoms with E-state index >= 15 is 0 Å². The van der Waals surface area contributed by atoms with Crippen LogP contribution < -0.4 is 10.1 Å². The molecular weight excluding hydrogens is 268 g/mol. The average molecular weight is 288 g/mol. The van der Waals surface area contributed by atoms with Crippen molar-refractivity contribution < 1.29 is 14.6 Å². The first-order chi connectivity index (χ1) is 10.2. The number of nitrogens with one attached hydrogen (secondary N) is 2. The molecule has 0 bridgehead atoms. The molecule has 1 aromatic heterocycles. The number of carboxylic acids is 1. The van der Waals surface area contributed by atoms with Crippen LogP contribution in [0.2, 0.25) is 0 Å². The van der Waals surface area contributed by atoms with Crippen LogP contribution >= 0.6 is 0 Å². The molecule has 0 aliphatic carbocycles. The number of aromatic amines is 1. The van der Waals surface area contributed by atoms with Crippen molar-refractivity contribution in [2.45, 2.75) is 31.7 Å². The minimum absolute atomic E-state index is 0.359. The third kappa shape index (κ3) is 2.27. The van der Waals surface area contributed by atoms with Crippen LogP contribution in [-0.2, 0) is 4.79 Å². The third-order valence-electron chi connectivity index (χ3n) is 4.35. The minimum atomic E-state index is -0.841. The Hall–Kier alpha value is -2.01. The highest BCUT2D eigenvalue weighted by Gasteiger charge is 2.31. The van der Waals surface area contributed by atoms with Gasteiger partial charge in [0.2, 0.25) is 0 Å². The van der Waals surface area contributed by atoms with E-state index in [4.69, 9.17) is 4.74 Å². The molecule has 0 spiro atoms. The number of rotatable bonds is 3. The Morgan fingerprint density at radius 2 is 2.29 bits per heavy atom. The maximum absolute atomic E-state index is 11.6. The molecule has 0 fully saturated rings. The van der Waals surface area contributed by atoms with Gasteiger partial charge in [-0.1, -0.05) is 6.92 Å². The van der Waals surface area contributed by atoms with Crippen LogP contribution in [-0.4, -0.2) is 29.7 Å². The summed E-state index contributed by atoms with van der Waals surface area (Å²) >= 11 is 0. The fraction of sp³-hybridized carbons (Fsp3) is 0.438. The van der Waals surface area contributed by atoms with Crippen molar-refractivity contribution in [2.24, 2.45) is 0 Å². The smallest absolute Gasteiger partial charge is 0.326 e. The van der Waals surface area contributed by atoms with Gasteiger partial charge in [-0.25, -0.2) is 0 Å². The summed E-state index contributed by atoms with van der Waals surface area (Å²) in [6.45, 7) is 2.86. The molecule has 2 heterocycles. The quantitative estimate of drug-likeness (QED) is 0.812. The lowest BCUT2D eigenvalue weighted by atomic mass is 9.90. The molecule has 1 aromatic carbocycles. The summed E-state index contributed by atoms with van der Waals surface area (Å²) in [5.41, 5.74) is 2.88. The van der Waals surface area contributed by atoms with E-state index in [-0.39, 0.29) is 0 Å². The summed E-state index contributed by atoms with van der Waals surface area (Å²) in [6.07, 6.45) is 1.93. The Morgan fingerprint density at radius 3 is 2.95 bits per heavy atom. The number of hydrogen-bond donors (Lipinski definition) is 3. The van der Waals surface area contributed by atoms with Gasteiger partial charge in [0.1, 0.15) is 11.8 Å². The second kappa shape index (κ2) is 5.41. The van der Waals surface area contributed by atoms with E-state index in [0.717, 1.165) is 40.8 Å². The van der Waals surface area contributed by atoms with Gasteiger partial charge in [0.25, 0.3) is 0 Å². The van der Waals surface area contributed by atoms with E-state index < -0.39 is 12.0 Å². The lowest BCUT2D eigenvalue weighted by Crippen LogP contribution is -2.28. The number of H-pyrrole nitrogens is 1. The lowest BCUT2D eigenvalue weighted by molar-refractivity contribution is -0.139. The van der Waals surface area contributed by atoms with E-state index in [1.54, 1.807) is 7.11 Å². The van der Waals surface area contributed by atoms with Crippen LogP contribution in [0.5, 0.6) is 5.75 Å². The molecule has 3 rings (SSSR count). The number of carbonyl (C=O) groups is 1. The molecule has 21 heavy (non-hydrogen) atoms. The summed E-state index contributed by atoms with van der Waals surface area (Å²) in [7, 11) is 1.64. The van der Waals surface area contributed by atoms with Gasteiger partial charge >= 0.3 is 5.97 Å². The van der Waals surface area contributed by atoms with Gasteiger partial charge in [-0.2, -0.15) is 0 Å². The monoisotopic (exact) mass is 288 g/mol. The Bertz CT molecular complexity index is 677. The highest BCUT2D eigenvalue weighted by Crippen LogP contribution is 2.39. The number of methoxy groups -OCH3 is 1. The highest BCUT2D eigenvalue weighted by atomic mass is 16.5. The van der Waals surface area contributed by atoms with Crippen LogP contribution in [0.1, 0.15) is 43.0 Å². The van der Waals surface area contributed by atoms with Gasteiger partial charge in [0.15, 0.2) is 0 Å². The summed E-state index contributed by atoms with van der Waals surface area (Å²) in [5.74, 6) is 0.312. The van der Waals surface area contributed by atoms with Crippen molar-refractivity contribution in [2.75, 3.05) is 13.7 Å². The van der Waals surface area contributed by atoms with Crippen molar-refractivity contribution in [3.63, 3.8) is 0 Å². The summed E-state index contributed by atoms with van der Waals surface area (Å²) in [6, 6.07) is 5.17. The zero-order chi connectivity index (χ0) is 15.0. The van der Waals surface area contributed by atoms with E-state index in [2.05, 4.69) is 17.2 Å². The number of ether oxygens (including phenoxy) is 1. The third-order valence-corrected chi connectivity index (χ3v) is 4.35. The normalized spacial score (nSPS) is 21.8. The zero-order valence-corrected chi connectivity index (χ0v) is 12.3. The minimum Gasteiger partial charge on any atom is -0.497 e. The molecule has 2 unspecified atom stereocenters. The molecule has 1 aliphatic heterocycles. The molecule has 3 N–H and O–H groups in total. The molecule has 112 valence electrons. The predicted octanol–water partition coefficient (Wildman–Crippen LogP) is 2.79. The second-order valence-corrected chi connectivity index (χ2v) is 5.48. The predicted molar refractivity (Wildman–Crippen MR) is 80.9 cm³/mol. The lowest BCUT2D eigenvalue weighted by Gasteiger charge is -2.13. The second-order valence-electron chi connectivity index (χ2n) is 5.48. The molecule has 0 amide bonds. The van der Waals surface area contributed by atoms with Gasteiger partial charge in [-0.15, -0.1) is 0 Å². The van der Waals surface area contributed by atoms with Crippen LogP contribution in [0.4, 0.5) is 0 Å². The topological polar surface area (TPSA) is 74.4 Å². The SMILES string of the molecule is CCC1CCNC(C(=O)O)c2[nH]c3ccc(OC)cc3c21. The number of carboxylic acid groups (broad SMARTS) is 1. The highest BCUT2D eigenvalue weighted by molar-refractivity contribution is 5.89. The molecule has 0 radical (unpaired) electrons. The van der Waals surface area contributed by atoms with Crippen molar-refractivity contribution in [3.05, 3.63) is 29.5 Å². The van der Waals surface area contributed by atoms with Gasteiger partial charge in [-0.3, -0.25) is 10.1 Å². The van der Waals surface area contributed by atoms with E-state index in [1.807, 2.05) is 18.2 Å². The van der Waals surface area contributed by atoms with Crippen molar-refractivity contribution >= 4 is 16.9 Å². The number of benzene rings is 1. The number of aliphatic carboxylic acids is 1. The van der Waals surface area contributed by atoms with Crippen molar-refractivity contribution in [3.8, 4) is 5.75 Å². The van der Waals surface area contributed by atoms with Gasteiger partial charge in [-0.05, 0) is 49.1 Å². The Morgan fingerprint density at radius 1 is 1.48 bits per heavy atom. The zero-order valence-electron chi connectivity index (χ0n) is 12.3. The molecule has 2 atom stereocenters. The van der Waals surface area contributed by atoms with Crippen LogP contribution in [0.25, 0.3) is 10.9 Å². The molecule has 5 heteroatoms. The van der Waals surface area contributed by atoms with E-state index in [1.165, 1.54) is 0 Å². The first kappa shape index (κ1) is 13.9. The van der Waals surface area contributed by atoms with Gasteiger partial charge < -0.3 is 14.8 Å². The van der Waals surface area contributed by atoms with E-state index in [0.29, 0.717) is 12.5 Å². The number of hydrogen-bond acceptors (Lipinski definition) is 3. The number of aromatic nitrogens is 1. The van der Waals surface area contributed by atoms with Crippen LogP contribution in [0, 0.1) is 0 Å². The largest absolute Gasteiger partial charge is 0.497 e. The van der Waals surface area contributed by atoms with Crippen LogP contribution in [0.15, 0.2) is 18.2 Å². The average Bonchev–Trinajstić information content (AvgIpc) is 2.74. The maximum atomic E-state index is 11.6. The summed E-state index contributed by atoms with van der Waals surface area (Å²) in [4.78, 5) is 14.9. The first-order valence-corrected chi connectivity index (χ1v) is 7.31. The maximum Gasteiger partial charge on any atom is 0.326 e. The van der Waals surface area contributed by atoms with Gasteiger partial charge in [0.05, 0.1) is 7.11 Å². The van der Waals surface area contributed by atoms with E-state index in [9.17, 15) is 9.90 Å². The van der Waals surface area contributed by atoms with Crippen molar-refractivity contribution in [1.29, 1.82) is 0 Å². The standard InChI is InChI=1S/C16H20N2O3/c1-3-9-6-7-17-15(16(19)20)14-13(9)11-8-10(21-2)4-5-12(11)18-14/h4-5,8-9,15,17-18H,3,6-7H2,1-2H3,(H,19,20). The summed E-state index contributed by atoms with van der Waals surface area (Å²) in [5, 5.41) is 13.7. The Kier molecular flexibility index (Phi) is 3.59. The fourth-order valence-corrected chi connectivity index (χ4v) is 3.27. The number of fused-ring (bicyclic) bond motifs is 3. The molecule has 2 aromatic rings. The molecule has 0 saturated carbocycles. The van der Waals surface area contributed by atoms with Crippen molar-refractivity contribution in [1.82, 2.24) is 10.3 Å². The van der Waals surface area contributed by atoms with Gasteiger partial charge in [0, 0.05) is 16.6 Å². The molecule has 1 aliphatic rings. The molecule has 5 nitrogen and oxygen atoms in total. The summed E-state index contributed by atoms with van der Waals surface area (Å²) < 4.78 is 5.31. The fourth-order valence-electron chi connectivity index (χ4n) is 3.27.